The van der Waals surface area contributed by atoms with E-state index in [4.69, 9.17) is 10.5 Å². The number of esters is 1. The van der Waals surface area contributed by atoms with Crippen LogP contribution in [0.2, 0.25) is 0 Å². The molecule has 2 aromatic carbocycles. The van der Waals surface area contributed by atoms with Gasteiger partial charge in [0.05, 0.1) is 10.5 Å². The van der Waals surface area contributed by atoms with Gasteiger partial charge < -0.3 is 10.5 Å². The van der Waals surface area contributed by atoms with Crippen molar-refractivity contribution in [2.24, 2.45) is 5.73 Å². The summed E-state index contributed by atoms with van der Waals surface area (Å²) >= 11 is 0. The fourth-order valence-corrected chi connectivity index (χ4v) is 3.36. The Morgan fingerprint density at radius 3 is 2.35 bits per heavy atom. The first kappa shape index (κ1) is 19.4. The zero-order valence-corrected chi connectivity index (χ0v) is 14.8. The van der Waals surface area contributed by atoms with Crippen LogP contribution in [0.4, 0.5) is 10.1 Å². The van der Waals surface area contributed by atoms with E-state index < -0.39 is 33.8 Å². The number of anilines is 1. The molecule has 0 radical (unpaired) electrons. The lowest BCUT2D eigenvalue weighted by molar-refractivity contribution is -0.125. The molecule has 7 nitrogen and oxygen atoms in total. The lowest BCUT2D eigenvalue weighted by Gasteiger charge is -2.12. The van der Waals surface area contributed by atoms with Crippen molar-refractivity contribution in [1.29, 1.82) is 0 Å². The maximum Gasteiger partial charge on any atom is 0.338 e. The Bertz CT molecular complexity index is 942. The van der Waals surface area contributed by atoms with E-state index in [2.05, 4.69) is 4.72 Å². The fourth-order valence-electron chi connectivity index (χ4n) is 2.05. The molecule has 0 aromatic heterocycles. The molecular formula is C17H17FN2O5S. The summed E-state index contributed by atoms with van der Waals surface area (Å²) in [4.78, 5) is 22.6. The normalized spacial score (nSPS) is 12.3. The third-order valence-electron chi connectivity index (χ3n) is 3.56. The van der Waals surface area contributed by atoms with Crippen LogP contribution < -0.4 is 10.5 Å². The number of primary amides is 1. The van der Waals surface area contributed by atoms with Gasteiger partial charge in [-0.25, -0.2) is 17.6 Å². The van der Waals surface area contributed by atoms with E-state index in [0.717, 1.165) is 0 Å². The first-order valence-electron chi connectivity index (χ1n) is 7.50. The van der Waals surface area contributed by atoms with E-state index >= 15 is 0 Å². The number of carbonyl (C=O) groups is 2. The zero-order valence-electron chi connectivity index (χ0n) is 14.0. The van der Waals surface area contributed by atoms with Crippen molar-refractivity contribution in [2.75, 3.05) is 4.72 Å². The average Bonchev–Trinajstić information content (AvgIpc) is 2.57. The SMILES string of the molecule is Cc1c(F)cccc1S(=O)(=O)Nc1ccc(C(=O)O[C@H](C)C(N)=O)cc1. The molecule has 3 N–H and O–H groups in total. The standard InChI is InChI=1S/C17H17FN2O5S/c1-10-14(18)4-3-5-15(10)26(23,24)20-13-8-6-12(7-9-13)17(22)25-11(2)16(19)21/h3-9,11,20H,1-2H3,(H2,19,21)/t11-/m1/s1. The third-order valence-corrected chi connectivity index (χ3v) is 5.09. The van der Waals surface area contributed by atoms with Crippen molar-refractivity contribution < 1.29 is 27.1 Å². The summed E-state index contributed by atoms with van der Waals surface area (Å²) in [5.41, 5.74) is 5.30. The number of nitrogens with one attached hydrogen (secondary N) is 1. The van der Waals surface area contributed by atoms with Crippen LogP contribution in [-0.4, -0.2) is 26.4 Å². The average molecular weight is 380 g/mol. The molecule has 2 rings (SSSR count). The molecule has 1 atom stereocenters. The number of nitrogens with two attached hydrogens (primary N) is 1. The Kier molecular flexibility index (Phi) is 5.61. The van der Waals surface area contributed by atoms with Crippen LogP contribution >= 0.6 is 0 Å². The van der Waals surface area contributed by atoms with Crippen LogP contribution in [0.25, 0.3) is 0 Å². The molecule has 26 heavy (non-hydrogen) atoms. The lowest BCUT2D eigenvalue weighted by Crippen LogP contribution is -2.30. The van der Waals surface area contributed by atoms with E-state index in [-0.39, 0.29) is 21.7 Å². The van der Waals surface area contributed by atoms with Gasteiger partial charge in [-0.1, -0.05) is 6.07 Å². The van der Waals surface area contributed by atoms with Crippen LogP contribution in [0, 0.1) is 12.7 Å². The number of amides is 1. The highest BCUT2D eigenvalue weighted by Crippen LogP contribution is 2.21. The predicted molar refractivity (Wildman–Crippen MR) is 92.5 cm³/mol. The van der Waals surface area contributed by atoms with Gasteiger partial charge in [-0.3, -0.25) is 9.52 Å². The molecule has 0 aliphatic carbocycles. The van der Waals surface area contributed by atoms with E-state index in [1.54, 1.807) is 0 Å². The Morgan fingerprint density at radius 2 is 1.77 bits per heavy atom. The molecule has 138 valence electrons. The first-order valence-corrected chi connectivity index (χ1v) is 8.98. The molecule has 0 heterocycles. The molecule has 0 fully saturated rings. The fraction of sp³-hybridized carbons (Fsp3) is 0.176. The maximum absolute atomic E-state index is 13.6. The molecule has 1 amide bonds. The van der Waals surface area contributed by atoms with Crippen LogP contribution in [-0.2, 0) is 19.6 Å². The minimum atomic E-state index is -4.00. The molecule has 0 saturated heterocycles. The van der Waals surface area contributed by atoms with Crippen molar-refractivity contribution in [2.45, 2.75) is 24.8 Å². The van der Waals surface area contributed by atoms with E-state index in [9.17, 15) is 22.4 Å². The smallest absolute Gasteiger partial charge is 0.338 e. The summed E-state index contributed by atoms with van der Waals surface area (Å²) in [7, 11) is -4.00. The molecule has 0 unspecified atom stereocenters. The Balaban J connectivity index is 2.17. The molecule has 0 saturated carbocycles. The lowest BCUT2D eigenvalue weighted by atomic mass is 10.2. The van der Waals surface area contributed by atoms with Gasteiger partial charge in [0.2, 0.25) is 0 Å². The van der Waals surface area contributed by atoms with Gasteiger partial charge in [-0.15, -0.1) is 0 Å². The summed E-state index contributed by atoms with van der Waals surface area (Å²) in [6.07, 6.45) is -1.09. The molecule has 2 aromatic rings. The van der Waals surface area contributed by atoms with E-state index in [0.29, 0.717) is 0 Å². The number of ether oxygens (including phenoxy) is 1. The summed E-state index contributed by atoms with van der Waals surface area (Å²) in [6, 6.07) is 9.10. The van der Waals surface area contributed by atoms with Gasteiger partial charge in [-0.2, -0.15) is 0 Å². The van der Waals surface area contributed by atoms with Gasteiger partial charge in [0.25, 0.3) is 15.9 Å². The first-order chi connectivity index (χ1) is 12.1. The molecule has 0 aliphatic heterocycles. The number of benzene rings is 2. The zero-order chi connectivity index (χ0) is 19.5. The second kappa shape index (κ2) is 7.52. The molecular weight excluding hydrogens is 363 g/mol. The molecule has 9 heteroatoms. The summed E-state index contributed by atoms with van der Waals surface area (Å²) in [6.45, 7) is 2.70. The number of sulfonamides is 1. The van der Waals surface area contributed by atoms with Gasteiger partial charge in [0.1, 0.15) is 5.82 Å². The van der Waals surface area contributed by atoms with Crippen molar-refractivity contribution in [3.63, 3.8) is 0 Å². The third kappa shape index (κ3) is 4.37. The van der Waals surface area contributed by atoms with Crippen LogP contribution in [0.3, 0.4) is 0 Å². The summed E-state index contributed by atoms with van der Waals surface area (Å²) < 4.78 is 45.5. The second-order valence-corrected chi connectivity index (χ2v) is 7.15. The number of hydrogen-bond acceptors (Lipinski definition) is 5. The quantitative estimate of drug-likeness (QED) is 0.744. The predicted octanol–water partition coefficient (Wildman–Crippen LogP) is 1.97. The van der Waals surface area contributed by atoms with Crippen molar-refractivity contribution in [3.8, 4) is 0 Å². The highest BCUT2D eigenvalue weighted by atomic mass is 32.2. The van der Waals surface area contributed by atoms with Gasteiger partial charge in [0, 0.05) is 11.3 Å². The Morgan fingerprint density at radius 1 is 1.15 bits per heavy atom. The highest BCUT2D eigenvalue weighted by Gasteiger charge is 2.20. The van der Waals surface area contributed by atoms with Gasteiger partial charge in [0.15, 0.2) is 6.10 Å². The largest absolute Gasteiger partial charge is 0.449 e. The van der Waals surface area contributed by atoms with Crippen LogP contribution in [0.5, 0.6) is 0 Å². The Labute approximate surface area is 150 Å². The number of rotatable bonds is 6. The van der Waals surface area contributed by atoms with Gasteiger partial charge in [-0.05, 0) is 50.2 Å². The maximum atomic E-state index is 13.6. The monoisotopic (exact) mass is 380 g/mol. The van der Waals surface area contributed by atoms with Crippen molar-refractivity contribution in [1.82, 2.24) is 0 Å². The van der Waals surface area contributed by atoms with Crippen molar-refractivity contribution in [3.05, 3.63) is 59.4 Å². The molecule has 0 bridgehead atoms. The highest BCUT2D eigenvalue weighted by molar-refractivity contribution is 7.92. The molecule has 0 spiro atoms. The summed E-state index contributed by atoms with van der Waals surface area (Å²) in [5.74, 6) is -2.19. The van der Waals surface area contributed by atoms with E-state index in [1.807, 2.05) is 0 Å². The second-order valence-electron chi connectivity index (χ2n) is 5.50. The van der Waals surface area contributed by atoms with Crippen molar-refractivity contribution >= 4 is 27.6 Å². The summed E-state index contributed by atoms with van der Waals surface area (Å²) in [5, 5.41) is 0. The van der Waals surface area contributed by atoms with Gasteiger partial charge >= 0.3 is 5.97 Å². The number of hydrogen-bond donors (Lipinski definition) is 2. The van der Waals surface area contributed by atoms with Crippen LogP contribution in [0.1, 0.15) is 22.8 Å². The topological polar surface area (TPSA) is 116 Å². The number of carbonyl (C=O) groups excluding carboxylic acids is 2. The minimum absolute atomic E-state index is 0.000590. The number of halogens is 1. The van der Waals surface area contributed by atoms with E-state index in [1.165, 1.54) is 56.3 Å². The minimum Gasteiger partial charge on any atom is -0.449 e. The Hall–Kier alpha value is -2.94. The van der Waals surface area contributed by atoms with Crippen LogP contribution in [0.15, 0.2) is 47.4 Å². The molecule has 0 aliphatic rings.